The molecule has 1 atom stereocenters. The average Bonchev–Trinajstić information content (AvgIpc) is 3.01. The van der Waals surface area contributed by atoms with Crippen LogP contribution in [0.25, 0.3) is 0 Å². The summed E-state index contributed by atoms with van der Waals surface area (Å²) in [5.74, 6) is 1.43. The van der Waals surface area contributed by atoms with Gasteiger partial charge in [-0.25, -0.2) is 0 Å². The Balaban J connectivity index is 1.92. The van der Waals surface area contributed by atoms with Crippen LogP contribution in [0, 0.1) is 6.92 Å². The molecular weight excluding hydrogens is 316 g/mol. The predicted octanol–water partition coefficient (Wildman–Crippen LogP) is 3.50. The molecule has 0 radical (unpaired) electrons. The van der Waals surface area contributed by atoms with Gasteiger partial charge in [0.05, 0.1) is 23.8 Å². The molecule has 3 rings (SSSR count). The number of amides is 1. The zero-order valence-electron chi connectivity index (χ0n) is 13.1. The van der Waals surface area contributed by atoms with Gasteiger partial charge in [-0.3, -0.25) is 4.79 Å². The maximum atomic E-state index is 13.0. The highest BCUT2D eigenvalue weighted by molar-refractivity contribution is 6.34. The van der Waals surface area contributed by atoms with E-state index in [2.05, 4.69) is 5.32 Å². The van der Waals surface area contributed by atoms with E-state index in [1.54, 1.807) is 24.1 Å². The molecule has 5 nitrogen and oxygen atoms in total. The highest BCUT2D eigenvalue weighted by Crippen LogP contribution is 2.30. The average molecular weight is 335 g/mol. The Kier molecular flexibility index (Phi) is 4.59. The molecule has 1 unspecified atom stereocenters. The van der Waals surface area contributed by atoms with Crippen LogP contribution in [0.3, 0.4) is 0 Å². The van der Waals surface area contributed by atoms with Gasteiger partial charge in [-0.1, -0.05) is 11.6 Å². The first-order chi connectivity index (χ1) is 11.1. The number of nitrogens with one attached hydrogen (secondary N) is 1. The van der Waals surface area contributed by atoms with Crippen molar-refractivity contribution in [2.75, 3.05) is 32.1 Å². The minimum atomic E-state index is -0.237. The zero-order chi connectivity index (χ0) is 16.4. The topological polar surface area (TPSA) is 54.7 Å². The summed E-state index contributed by atoms with van der Waals surface area (Å²) in [5.41, 5.74) is 1.32. The fraction of sp³-hybridized carbons (Fsp3) is 0.353. The number of anilines is 1. The van der Waals surface area contributed by atoms with Gasteiger partial charge in [-0.05, 0) is 37.3 Å². The van der Waals surface area contributed by atoms with E-state index in [1.165, 1.54) is 0 Å². The lowest BCUT2D eigenvalue weighted by atomic mass is 10.1. The summed E-state index contributed by atoms with van der Waals surface area (Å²) >= 11 is 6.24. The van der Waals surface area contributed by atoms with Crippen molar-refractivity contribution in [3.63, 3.8) is 0 Å². The lowest BCUT2D eigenvalue weighted by Crippen LogP contribution is -2.43. The minimum absolute atomic E-state index is 0.116. The Bertz CT molecular complexity index is 714. The summed E-state index contributed by atoms with van der Waals surface area (Å²) < 4.78 is 11.2. The van der Waals surface area contributed by atoms with E-state index in [0.717, 1.165) is 17.2 Å². The van der Waals surface area contributed by atoms with Crippen LogP contribution >= 0.6 is 11.6 Å². The first-order valence-electron chi connectivity index (χ1n) is 7.52. The van der Waals surface area contributed by atoms with Gasteiger partial charge in [0.25, 0.3) is 5.91 Å². The fourth-order valence-electron chi connectivity index (χ4n) is 2.71. The lowest BCUT2D eigenvalue weighted by Gasteiger charge is -2.34. The van der Waals surface area contributed by atoms with E-state index in [0.29, 0.717) is 30.3 Å². The number of nitrogens with zero attached hydrogens (tertiary/aromatic N) is 1. The van der Waals surface area contributed by atoms with Crippen molar-refractivity contribution in [3.05, 3.63) is 52.4 Å². The van der Waals surface area contributed by atoms with Crippen molar-refractivity contribution in [1.82, 2.24) is 4.90 Å². The molecule has 1 saturated heterocycles. The van der Waals surface area contributed by atoms with Gasteiger partial charge in [-0.2, -0.15) is 0 Å². The minimum Gasteiger partial charge on any atom is -0.464 e. The van der Waals surface area contributed by atoms with E-state index in [9.17, 15) is 4.79 Å². The Morgan fingerprint density at radius 1 is 1.35 bits per heavy atom. The van der Waals surface area contributed by atoms with Gasteiger partial charge < -0.3 is 19.4 Å². The number of benzene rings is 1. The third-order valence-electron chi connectivity index (χ3n) is 3.96. The predicted molar refractivity (Wildman–Crippen MR) is 89.0 cm³/mol. The zero-order valence-corrected chi connectivity index (χ0v) is 13.9. The van der Waals surface area contributed by atoms with Crippen molar-refractivity contribution < 1.29 is 13.9 Å². The molecule has 1 aliphatic heterocycles. The standard InChI is InChI=1S/C17H19ClN2O3/c1-11-3-6-16(23-11)15-10-22-8-7-20(15)17(21)13-9-12(19-2)4-5-14(13)18/h3-6,9,15,19H,7-8,10H2,1-2H3. The summed E-state index contributed by atoms with van der Waals surface area (Å²) in [6.07, 6.45) is 0. The lowest BCUT2D eigenvalue weighted by molar-refractivity contribution is -0.00893. The Hall–Kier alpha value is -1.98. The quantitative estimate of drug-likeness (QED) is 0.933. The highest BCUT2D eigenvalue weighted by atomic mass is 35.5. The maximum absolute atomic E-state index is 13.0. The van der Waals surface area contributed by atoms with E-state index < -0.39 is 0 Å². The molecule has 0 saturated carbocycles. The maximum Gasteiger partial charge on any atom is 0.256 e. The molecule has 1 aliphatic rings. The molecule has 1 aromatic heterocycles. The van der Waals surface area contributed by atoms with Crippen LogP contribution in [-0.2, 0) is 4.74 Å². The summed E-state index contributed by atoms with van der Waals surface area (Å²) in [6, 6.07) is 8.88. The number of carbonyl (C=O) groups is 1. The number of rotatable bonds is 3. The number of hydrogen-bond acceptors (Lipinski definition) is 4. The fourth-order valence-corrected chi connectivity index (χ4v) is 2.91. The molecule has 1 aromatic carbocycles. The molecule has 23 heavy (non-hydrogen) atoms. The monoisotopic (exact) mass is 334 g/mol. The number of furan rings is 1. The first-order valence-corrected chi connectivity index (χ1v) is 7.90. The second kappa shape index (κ2) is 6.64. The van der Waals surface area contributed by atoms with Crippen LogP contribution in [0.15, 0.2) is 34.7 Å². The van der Waals surface area contributed by atoms with Gasteiger partial charge in [0.1, 0.15) is 17.6 Å². The number of hydrogen-bond donors (Lipinski definition) is 1. The van der Waals surface area contributed by atoms with Crippen LogP contribution in [-0.4, -0.2) is 37.6 Å². The van der Waals surface area contributed by atoms with E-state index in [4.69, 9.17) is 20.8 Å². The third kappa shape index (κ3) is 3.21. The number of carbonyl (C=O) groups excluding carboxylic acids is 1. The Morgan fingerprint density at radius 3 is 2.87 bits per heavy atom. The van der Waals surface area contributed by atoms with Gasteiger partial charge in [0, 0.05) is 19.3 Å². The number of aryl methyl sites for hydroxylation is 1. The summed E-state index contributed by atoms with van der Waals surface area (Å²) in [7, 11) is 1.81. The Morgan fingerprint density at radius 2 is 2.17 bits per heavy atom. The van der Waals surface area contributed by atoms with Crippen molar-refractivity contribution in [2.45, 2.75) is 13.0 Å². The molecule has 2 heterocycles. The van der Waals surface area contributed by atoms with Crippen LogP contribution in [0.2, 0.25) is 5.02 Å². The van der Waals surface area contributed by atoms with Crippen LogP contribution < -0.4 is 5.32 Å². The SMILES string of the molecule is CNc1ccc(Cl)c(C(=O)N2CCOCC2c2ccc(C)o2)c1. The van der Waals surface area contributed by atoms with Crippen molar-refractivity contribution in [3.8, 4) is 0 Å². The van der Waals surface area contributed by atoms with Crippen LogP contribution in [0.4, 0.5) is 5.69 Å². The number of morpholine rings is 1. The molecule has 1 amide bonds. The van der Waals surface area contributed by atoms with E-state index in [-0.39, 0.29) is 11.9 Å². The Labute approximate surface area is 140 Å². The summed E-state index contributed by atoms with van der Waals surface area (Å²) in [6.45, 7) is 3.31. The van der Waals surface area contributed by atoms with Crippen LogP contribution in [0.5, 0.6) is 0 Å². The second-order valence-electron chi connectivity index (χ2n) is 5.48. The molecule has 1 fully saturated rings. The number of halogens is 1. The molecule has 2 aromatic rings. The van der Waals surface area contributed by atoms with E-state index >= 15 is 0 Å². The first kappa shape index (κ1) is 15.9. The highest BCUT2D eigenvalue weighted by Gasteiger charge is 2.32. The summed E-state index contributed by atoms with van der Waals surface area (Å²) in [5, 5.41) is 3.47. The summed E-state index contributed by atoms with van der Waals surface area (Å²) in [4.78, 5) is 14.8. The van der Waals surface area contributed by atoms with Crippen molar-refractivity contribution >= 4 is 23.2 Å². The van der Waals surface area contributed by atoms with Crippen molar-refractivity contribution in [1.29, 1.82) is 0 Å². The molecule has 1 N–H and O–H groups in total. The van der Waals surface area contributed by atoms with Gasteiger partial charge in [-0.15, -0.1) is 0 Å². The molecule has 0 aliphatic carbocycles. The van der Waals surface area contributed by atoms with Crippen molar-refractivity contribution in [2.24, 2.45) is 0 Å². The molecule has 6 heteroatoms. The molecular formula is C17H19ClN2O3. The third-order valence-corrected chi connectivity index (χ3v) is 4.29. The van der Waals surface area contributed by atoms with Crippen LogP contribution in [0.1, 0.15) is 27.9 Å². The molecule has 122 valence electrons. The van der Waals surface area contributed by atoms with Gasteiger partial charge in [0.2, 0.25) is 0 Å². The largest absolute Gasteiger partial charge is 0.464 e. The van der Waals surface area contributed by atoms with Gasteiger partial charge >= 0.3 is 0 Å². The normalized spacial score (nSPS) is 18.0. The van der Waals surface area contributed by atoms with E-state index in [1.807, 2.05) is 25.1 Å². The second-order valence-corrected chi connectivity index (χ2v) is 5.89. The molecule has 0 spiro atoms. The smallest absolute Gasteiger partial charge is 0.256 e. The van der Waals surface area contributed by atoms with Gasteiger partial charge in [0.15, 0.2) is 0 Å². The molecule has 0 bridgehead atoms. The number of ether oxygens (including phenoxy) is 1.